The van der Waals surface area contributed by atoms with Crippen molar-refractivity contribution in [2.75, 3.05) is 7.11 Å². The molecule has 0 fully saturated rings. The highest BCUT2D eigenvalue weighted by molar-refractivity contribution is 5.97. The van der Waals surface area contributed by atoms with E-state index in [1.807, 2.05) is 30.3 Å². The van der Waals surface area contributed by atoms with Gasteiger partial charge < -0.3 is 4.74 Å². The monoisotopic (exact) mass is 327 g/mol. The number of carbonyl (C=O) groups excluding carboxylic acids is 1. The van der Waals surface area contributed by atoms with Crippen LogP contribution in [0.15, 0.2) is 54.6 Å². The van der Waals surface area contributed by atoms with Crippen LogP contribution >= 0.6 is 0 Å². The minimum atomic E-state index is -1.25. The molecule has 5 heteroatoms. The van der Waals surface area contributed by atoms with Gasteiger partial charge in [-0.3, -0.25) is 14.9 Å². The molecule has 0 heterocycles. The highest BCUT2D eigenvalue weighted by Gasteiger charge is 2.42. The van der Waals surface area contributed by atoms with Crippen LogP contribution in [0.3, 0.4) is 0 Å². The molecule has 2 aromatic rings. The summed E-state index contributed by atoms with van der Waals surface area (Å²) in [6, 6.07) is 16.0. The van der Waals surface area contributed by atoms with E-state index in [1.165, 1.54) is 7.11 Å². The zero-order valence-corrected chi connectivity index (χ0v) is 14.1. The van der Waals surface area contributed by atoms with Gasteiger partial charge in [-0.15, -0.1) is 0 Å². The second-order valence-corrected chi connectivity index (χ2v) is 6.23. The summed E-state index contributed by atoms with van der Waals surface area (Å²) in [5, 5.41) is 11.5. The Hall–Kier alpha value is -2.69. The van der Waals surface area contributed by atoms with Gasteiger partial charge in [0.25, 0.3) is 0 Å². The Morgan fingerprint density at radius 1 is 1.17 bits per heavy atom. The van der Waals surface area contributed by atoms with Crippen LogP contribution in [-0.2, 0) is 0 Å². The molecule has 0 spiro atoms. The molecule has 5 nitrogen and oxygen atoms in total. The maximum absolute atomic E-state index is 12.7. The Labute approximate surface area is 141 Å². The molecule has 1 unspecified atom stereocenters. The van der Waals surface area contributed by atoms with Gasteiger partial charge in [-0.25, -0.2) is 0 Å². The van der Waals surface area contributed by atoms with Gasteiger partial charge in [-0.05, 0) is 17.7 Å². The summed E-state index contributed by atoms with van der Waals surface area (Å²) in [6.45, 7) is 3.12. The molecule has 0 N–H and O–H groups in total. The van der Waals surface area contributed by atoms with Gasteiger partial charge in [-0.2, -0.15) is 0 Å². The molecular weight excluding hydrogens is 306 g/mol. The summed E-state index contributed by atoms with van der Waals surface area (Å²) in [5.74, 6) is -0.0734. The molecule has 0 aliphatic heterocycles. The van der Waals surface area contributed by atoms with Crippen LogP contribution < -0.4 is 4.74 Å². The van der Waals surface area contributed by atoms with Crippen molar-refractivity contribution in [1.82, 2.24) is 0 Å². The lowest BCUT2D eigenvalue weighted by Crippen LogP contribution is -2.39. The van der Waals surface area contributed by atoms with Gasteiger partial charge in [0.15, 0.2) is 5.78 Å². The molecule has 1 atom stereocenters. The van der Waals surface area contributed by atoms with Crippen molar-refractivity contribution in [3.63, 3.8) is 0 Å². The quantitative estimate of drug-likeness (QED) is 0.436. The Bertz CT molecular complexity index is 725. The van der Waals surface area contributed by atoms with Crippen molar-refractivity contribution in [3.05, 3.63) is 75.8 Å². The second-order valence-electron chi connectivity index (χ2n) is 6.23. The summed E-state index contributed by atoms with van der Waals surface area (Å²) in [5.41, 5.74) is 0.0282. The third-order valence-electron chi connectivity index (χ3n) is 4.31. The van der Waals surface area contributed by atoms with E-state index in [4.69, 9.17) is 4.74 Å². The van der Waals surface area contributed by atoms with Crippen LogP contribution in [0.2, 0.25) is 0 Å². The lowest BCUT2D eigenvalue weighted by atomic mass is 9.78. The maximum Gasteiger partial charge on any atom is 0.223 e. The number of ketones is 1. The number of carbonyl (C=O) groups is 1. The number of hydrogen-bond donors (Lipinski definition) is 0. The average Bonchev–Trinajstić information content (AvgIpc) is 2.59. The van der Waals surface area contributed by atoms with Crippen LogP contribution in [0.4, 0.5) is 0 Å². The number of nitro groups is 1. The first-order valence-corrected chi connectivity index (χ1v) is 7.73. The first-order valence-electron chi connectivity index (χ1n) is 7.73. The van der Waals surface area contributed by atoms with E-state index in [0.717, 1.165) is 5.56 Å². The fraction of sp³-hybridized carbons (Fsp3) is 0.316. The van der Waals surface area contributed by atoms with Crippen LogP contribution in [0, 0.1) is 10.1 Å². The lowest BCUT2D eigenvalue weighted by Gasteiger charge is -2.26. The largest absolute Gasteiger partial charge is 0.497 e. The third kappa shape index (κ3) is 3.79. The van der Waals surface area contributed by atoms with E-state index in [2.05, 4.69) is 0 Å². The topological polar surface area (TPSA) is 69.4 Å². The molecule has 0 radical (unpaired) electrons. The standard InChI is InChI=1S/C19H21NO4/c1-19(2,20(22)23)17(14-8-5-4-6-9-14)13-18(21)15-10-7-11-16(12-15)24-3/h4-12,17H,13H2,1-3H3. The molecule has 126 valence electrons. The number of hydrogen-bond acceptors (Lipinski definition) is 4. The van der Waals surface area contributed by atoms with Gasteiger partial charge in [-0.1, -0.05) is 42.5 Å². The van der Waals surface area contributed by atoms with Crippen molar-refractivity contribution in [3.8, 4) is 5.75 Å². The first-order chi connectivity index (χ1) is 11.4. The van der Waals surface area contributed by atoms with Gasteiger partial charge in [0.05, 0.1) is 13.0 Å². The molecule has 0 saturated carbocycles. The molecule has 0 aliphatic rings. The highest BCUT2D eigenvalue weighted by Crippen LogP contribution is 2.34. The molecular formula is C19H21NO4. The smallest absolute Gasteiger partial charge is 0.223 e. The summed E-state index contributed by atoms with van der Waals surface area (Å²) in [4.78, 5) is 23.9. The predicted octanol–water partition coefficient (Wildman–Crippen LogP) is 4.11. The summed E-state index contributed by atoms with van der Waals surface area (Å²) >= 11 is 0. The Morgan fingerprint density at radius 2 is 1.83 bits per heavy atom. The molecule has 24 heavy (non-hydrogen) atoms. The zero-order valence-electron chi connectivity index (χ0n) is 14.1. The average molecular weight is 327 g/mol. The van der Waals surface area contributed by atoms with Crippen molar-refractivity contribution < 1.29 is 14.5 Å². The fourth-order valence-corrected chi connectivity index (χ4v) is 2.69. The van der Waals surface area contributed by atoms with Crippen LogP contribution in [0.5, 0.6) is 5.75 Å². The zero-order chi connectivity index (χ0) is 17.7. The Morgan fingerprint density at radius 3 is 2.42 bits per heavy atom. The Balaban J connectivity index is 2.35. The minimum Gasteiger partial charge on any atom is -0.497 e. The summed E-state index contributed by atoms with van der Waals surface area (Å²) in [6.07, 6.45) is 0.0607. The molecule has 2 rings (SSSR count). The molecule has 0 bridgehead atoms. The predicted molar refractivity (Wildman–Crippen MR) is 92.2 cm³/mol. The van der Waals surface area contributed by atoms with E-state index < -0.39 is 11.5 Å². The SMILES string of the molecule is COc1cccc(C(=O)CC(c2ccccc2)C(C)(C)[N+](=O)[O-])c1. The van der Waals surface area contributed by atoms with E-state index >= 15 is 0 Å². The molecule has 0 aromatic heterocycles. The normalized spacial score (nSPS) is 12.5. The van der Waals surface area contributed by atoms with Crippen LogP contribution in [-0.4, -0.2) is 23.4 Å². The lowest BCUT2D eigenvalue weighted by molar-refractivity contribution is -0.565. The van der Waals surface area contributed by atoms with E-state index in [0.29, 0.717) is 11.3 Å². The molecule has 2 aromatic carbocycles. The highest BCUT2D eigenvalue weighted by atomic mass is 16.6. The maximum atomic E-state index is 12.7. The molecule has 0 amide bonds. The number of rotatable bonds is 7. The van der Waals surface area contributed by atoms with E-state index in [9.17, 15) is 14.9 Å². The van der Waals surface area contributed by atoms with Gasteiger partial charge >= 0.3 is 0 Å². The summed E-state index contributed by atoms with van der Waals surface area (Å²) < 4.78 is 5.14. The molecule has 0 aliphatic carbocycles. The van der Waals surface area contributed by atoms with E-state index in [-0.39, 0.29) is 17.1 Å². The first kappa shape index (κ1) is 17.7. The number of Topliss-reactive ketones (excluding diaryl/α,β-unsaturated/α-hetero) is 1. The minimum absolute atomic E-state index is 0.0607. The molecule has 0 saturated heterocycles. The second kappa shape index (κ2) is 7.25. The summed E-state index contributed by atoms with van der Waals surface area (Å²) in [7, 11) is 1.53. The number of nitrogens with zero attached hydrogens (tertiary/aromatic N) is 1. The van der Waals surface area contributed by atoms with Gasteiger partial charge in [0.1, 0.15) is 5.75 Å². The van der Waals surface area contributed by atoms with E-state index in [1.54, 1.807) is 38.1 Å². The van der Waals surface area contributed by atoms with Crippen molar-refractivity contribution in [2.45, 2.75) is 31.7 Å². The third-order valence-corrected chi connectivity index (χ3v) is 4.31. The number of benzene rings is 2. The van der Waals surface area contributed by atoms with Crippen molar-refractivity contribution in [1.29, 1.82) is 0 Å². The van der Waals surface area contributed by atoms with Crippen molar-refractivity contribution in [2.24, 2.45) is 0 Å². The van der Waals surface area contributed by atoms with Crippen LogP contribution in [0.25, 0.3) is 0 Å². The Kier molecular flexibility index (Phi) is 5.34. The van der Waals surface area contributed by atoms with Crippen LogP contribution in [0.1, 0.15) is 42.1 Å². The van der Waals surface area contributed by atoms with Crippen molar-refractivity contribution >= 4 is 5.78 Å². The van der Waals surface area contributed by atoms with Gasteiger partial charge in [0.2, 0.25) is 5.54 Å². The number of ether oxygens (including phenoxy) is 1. The number of methoxy groups -OCH3 is 1. The fourth-order valence-electron chi connectivity index (χ4n) is 2.69. The van der Waals surface area contributed by atoms with Gasteiger partial charge in [0, 0.05) is 30.8 Å².